The molecule has 0 spiro atoms. The van der Waals surface area contributed by atoms with E-state index in [9.17, 15) is 4.79 Å². The van der Waals surface area contributed by atoms with Gasteiger partial charge in [-0.3, -0.25) is 4.79 Å². The Labute approximate surface area is 127 Å². The highest BCUT2D eigenvalue weighted by atomic mass is 16.5. The lowest BCUT2D eigenvalue weighted by molar-refractivity contribution is -0.133. The Balaban J connectivity index is 1.66. The van der Waals surface area contributed by atoms with Gasteiger partial charge in [0.2, 0.25) is 5.91 Å². The van der Waals surface area contributed by atoms with Crippen LogP contribution in [0.1, 0.15) is 31.7 Å². The van der Waals surface area contributed by atoms with Gasteiger partial charge in [0.05, 0.1) is 6.04 Å². The zero-order valence-electron chi connectivity index (χ0n) is 13.1. The molecule has 1 aliphatic heterocycles. The van der Waals surface area contributed by atoms with Crippen LogP contribution in [0, 0.1) is 6.92 Å². The minimum absolute atomic E-state index is 0.135. The second-order valence-electron chi connectivity index (χ2n) is 5.73. The van der Waals surface area contributed by atoms with Gasteiger partial charge in [0.1, 0.15) is 12.4 Å². The molecule has 1 heterocycles. The first-order valence-corrected chi connectivity index (χ1v) is 7.88. The van der Waals surface area contributed by atoms with Crippen molar-refractivity contribution in [3.63, 3.8) is 0 Å². The molecule has 4 nitrogen and oxygen atoms in total. The Bertz CT molecular complexity index is 456. The number of hydrogen-bond acceptors (Lipinski definition) is 3. The molecule has 1 aromatic rings. The van der Waals surface area contributed by atoms with Crippen molar-refractivity contribution in [1.29, 1.82) is 0 Å². The zero-order valence-corrected chi connectivity index (χ0v) is 13.1. The van der Waals surface area contributed by atoms with E-state index < -0.39 is 0 Å². The van der Waals surface area contributed by atoms with E-state index in [4.69, 9.17) is 4.74 Å². The van der Waals surface area contributed by atoms with Crippen molar-refractivity contribution in [1.82, 2.24) is 10.2 Å². The van der Waals surface area contributed by atoms with E-state index in [2.05, 4.69) is 5.32 Å². The fourth-order valence-corrected chi connectivity index (χ4v) is 2.62. The lowest BCUT2D eigenvalue weighted by Gasteiger charge is -2.29. The fourth-order valence-electron chi connectivity index (χ4n) is 2.62. The summed E-state index contributed by atoms with van der Waals surface area (Å²) < 4.78 is 5.68. The lowest BCUT2D eigenvalue weighted by atomic mass is 10.1. The van der Waals surface area contributed by atoms with Gasteiger partial charge < -0.3 is 15.0 Å². The van der Waals surface area contributed by atoms with E-state index in [0.717, 1.165) is 31.7 Å². The molecule has 0 aromatic heterocycles. The van der Waals surface area contributed by atoms with Crippen LogP contribution >= 0.6 is 0 Å². The predicted molar refractivity (Wildman–Crippen MR) is 84.6 cm³/mol. The van der Waals surface area contributed by atoms with Gasteiger partial charge in [0.15, 0.2) is 0 Å². The number of ether oxygens (including phenoxy) is 1. The summed E-state index contributed by atoms with van der Waals surface area (Å²) in [4.78, 5) is 14.2. The molecule has 1 unspecified atom stereocenters. The first-order valence-electron chi connectivity index (χ1n) is 7.88. The summed E-state index contributed by atoms with van der Waals surface area (Å²) in [6.07, 6.45) is 3.51. The third kappa shape index (κ3) is 5.05. The Morgan fingerprint density at radius 3 is 2.81 bits per heavy atom. The highest BCUT2D eigenvalue weighted by molar-refractivity contribution is 5.81. The first kappa shape index (κ1) is 15.8. The highest BCUT2D eigenvalue weighted by Crippen LogP contribution is 2.12. The molecule has 116 valence electrons. The average Bonchev–Trinajstić information content (AvgIpc) is 2.51. The molecule has 1 fully saturated rings. The number of rotatable bonds is 6. The van der Waals surface area contributed by atoms with Crippen LogP contribution in [0.5, 0.6) is 5.75 Å². The molecular weight excluding hydrogens is 264 g/mol. The summed E-state index contributed by atoms with van der Waals surface area (Å²) in [5.41, 5.74) is 1.19. The Morgan fingerprint density at radius 2 is 2.10 bits per heavy atom. The van der Waals surface area contributed by atoms with E-state index >= 15 is 0 Å². The van der Waals surface area contributed by atoms with Crippen molar-refractivity contribution in [3.8, 4) is 5.75 Å². The van der Waals surface area contributed by atoms with Gasteiger partial charge in [-0.1, -0.05) is 12.1 Å². The molecule has 0 radical (unpaired) electrons. The maximum atomic E-state index is 12.2. The van der Waals surface area contributed by atoms with Crippen LogP contribution in [0.25, 0.3) is 0 Å². The van der Waals surface area contributed by atoms with Gasteiger partial charge in [-0.15, -0.1) is 0 Å². The zero-order chi connectivity index (χ0) is 15.1. The number of carbonyl (C=O) groups is 1. The van der Waals surface area contributed by atoms with Crippen LogP contribution in [0.4, 0.5) is 0 Å². The number of aryl methyl sites for hydroxylation is 1. The molecule has 1 aromatic carbocycles. The van der Waals surface area contributed by atoms with Gasteiger partial charge in [0, 0.05) is 19.6 Å². The number of likely N-dealkylation sites (tertiary alicyclic amines) is 1. The molecule has 1 N–H and O–H groups in total. The van der Waals surface area contributed by atoms with E-state index in [0.29, 0.717) is 13.2 Å². The van der Waals surface area contributed by atoms with Gasteiger partial charge >= 0.3 is 0 Å². The van der Waals surface area contributed by atoms with E-state index in [-0.39, 0.29) is 11.9 Å². The molecule has 1 saturated heterocycles. The number of carbonyl (C=O) groups excluding carboxylic acids is 1. The summed E-state index contributed by atoms with van der Waals surface area (Å²) in [6.45, 7) is 7.04. The van der Waals surface area contributed by atoms with Crippen LogP contribution in [-0.4, -0.2) is 43.1 Å². The standard InChI is InChI=1S/C17H26N2O2/c1-14-7-6-8-16(13-14)21-12-9-18-15(2)17(20)19-10-4-3-5-11-19/h6-8,13,15,18H,3-5,9-12H2,1-2H3. The minimum atomic E-state index is -0.135. The van der Waals surface area contributed by atoms with Crippen LogP contribution in [0.2, 0.25) is 0 Å². The number of amides is 1. The molecule has 1 atom stereocenters. The third-order valence-corrected chi connectivity index (χ3v) is 3.85. The highest BCUT2D eigenvalue weighted by Gasteiger charge is 2.21. The van der Waals surface area contributed by atoms with Gasteiger partial charge in [-0.25, -0.2) is 0 Å². The molecule has 0 bridgehead atoms. The van der Waals surface area contributed by atoms with Gasteiger partial charge in [-0.2, -0.15) is 0 Å². The topological polar surface area (TPSA) is 41.6 Å². The van der Waals surface area contributed by atoms with Crippen molar-refractivity contribution >= 4 is 5.91 Å². The summed E-state index contributed by atoms with van der Waals surface area (Å²) in [6, 6.07) is 7.87. The van der Waals surface area contributed by atoms with Crippen molar-refractivity contribution in [3.05, 3.63) is 29.8 Å². The number of piperidine rings is 1. The predicted octanol–water partition coefficient (Wildman–Crippen LogP) is 2.36. The normalized spacial score (nSPS) is 16.6. The Hall–Kier alpha value is -1.55. The first-order chi connectivity index (χ1) is 10.2. The summed E-state index contributed by atoms with van der Waals surface area (Å²) in [5, 5.41) is 3.25. The molecular formula is C17H26N2O2. The minimum Gasteiger partial charge on any atom is -0.492 e. The Kier molecular flexibility index (Phi) is 6.05. The number of nitrogens with one attached hydrogen (secondary N) is 1. The Morgan fingerprint density at radius 1 is 1.33 bits per heavy atom. The smallest absolute Gasteiger partial charge is 0.239 e. The molecule has 0 saturated carbocycles. The monoisotopic (exact) mass is 290 g/mol. The molecule has 1 amide bonds. The van der Waals surface area contributed by atoms with Crippen LogP contribution in [0.15, 0.2) is 24.3 Å². The molecule has 1 aliphatic rings. The summed E-state index contributed by atoms with van der Waals surface area (Å²) in [7, 11) is 0. The number of hydrogen-bond donors (Lipinski definition) is 1. The maximum absolute atomic E-state index is 12.2. The molecule has 2 rings (SSSR count). The van der Waals surface area contributed by atoms with Gasteiger partial charge in [0.25, 0.3) is 0 Å². The number of benzene rings is 1. The fraction of sp³-hybridized carbons (Fsp3) is 0.588. The summed E-state index contributed by atoms with van der Waals surface area (Å²) >= 11 is 0. The van der Waals surface area contributed by atoms with Crippen molar-refractivity contribution in [2.24, 2.45) is 0 Å². The second-order valence-corrected chi connectivity index (χ2v) is 5.73. The SMILES string of the molecule is Cc1cccc(OCCNC(C)C(=O)N2CCCCC2)c1. The largest absolute Gasteiger partial charge is 0.492 e. The lowest BCUT2D eigenvalue weighted by Crippen LogP contribution is -2.47. The summed E-state index contributed by atoms with van der Waals surface area (Å²) in [5.74, 6) is 1.09. The molecule has 0 aliphatic carbocycles. The van der Waals surface area contributed by atoms with E-state index in [1.54, 1.807) is 0 Å². The maximum Gasteiger partial charge on any atom is 0.239 e. The molecule has 21 heavy (non-hydrogen) atoms. The molecule has 4 heteroatoms. The average molecular weight is 290 g/mol. The van der Waals surface area contributed by atoms with Crippen molar-refractivity contribution < 1.29 is 9.53 Å². The van der Waals surface area contributed by atoms with Crippen molar-refractivity contribution in [2.75, 3.05) is 26.2 Å². The van der Waals surface area contributed by atoms with Gasteiger partial charge in [-0.05, 0) is 50.8 Å². The van der Waals surface area contributed by atoms with Crippen molar-refractivity contribution in [2.45, 2.75) is 39.2 Å². The third-order valence-electron chi connectivity index (χ3n) is 3.85. The van der Waals surface area contributed by atoms with Crippen LogP contribution in [-0.2, 0) is 4.79 Å². The van der Waals surface area contributed by atoms with E-state index in [1.807, 2.05) is 43.0 Å². The number of nitrogens with zero attached hydrogens (tertiary/aromatic N) is 1. The quantitative estimate of drug-likeness (QED) is 0.818. The van der Waals surface area contributed by atoms with E-state index in [1.165, 1.54) is 12.0 Å². The van der Waals surface area contributed by atoms with Crippen LogP contribution in [0.3, 0.4) is 0 Å². The van der Waals surface area contributed by atoms with Crippen LogP contribution < -0.4 is 10.1 Å². The second kappa shape index (κ2) is 8.03.